The van der Waals surface area contributed by atoms with E-state index in [1.54, 1.807) is 0 Å². The van der Waals surface area contributed by atoms with Gasteiger partial charge in [-0.05, 0) is 17.5 Å². The van der Waals surface area contributed by atoms with Crippen molar-refractivity contribution < 1.29 is 14.8 Å². The number of benzene rings is 2. The van der Waals surface area contributed by atoms with Crippen molar-refractivity contribution in [2.45, 2.75) is 12.3 Å². The van der Waals surface area contributed by atoms with Crippen LogP contribution in [0.1, 0.15) is 17.0 Å². The second-order valence-corrected chi connectivity index (χ2v) is 6.37. The topological polar surface area (TPSA) is 80.4 Å². The Hall–Kier alpha value is -1.73. The van der Waals surface area contributed by atoms with E-state index in [-0.39, 0.29) is 5.69 Å². The minimum absolute atomic E-state index is 0.105. The van der Waals surface area contributed by atoms with Crippen molar-refractivity contribution in [1.82, 2.24) is 0 Å². The molecule has 0 saturated carbocycles. The number of hydrogen-bond acceptors (Lipinski definition) is 3. The quantitative estimate of drug-likeness (QED) is 0.560. The molecule has 0 bridgehead atoms. The van der Waals surface area contributed by atoms with Crippen molar-refractivity contribution in [2.24, 2.45) is 0 Å². The summed E-state index contributed by atoms with van der Waals surface area (Å²) in [5, 5.41) is 20.4. The first-order valence-electron chi connectivity index (χ1n) is 6.30. The van der Waals surface area contributed by atoms with Crippen LogP contribution in [0.3, 0.4) is 0 Å². The van der Waals surface area contributed by atoms with E-state index >= 15 is 0 Å². The lowest BCUT2D eigenvalue weighted by molar-refractivity contribution is -0.385. The molecule has 114 valence electrons. The van der Waals surface area contributed by atoms with Gasteiger partial charge in [-0.2, -0.15) is 0 Å². The van der Waals surface area contributed by atoms with Crippen molar-refractivity contribution in [3.63, 3.8) is 0 Å². The molecule has 0 aliphatic heterocycles. The summed E-state index contributed by atoms with van der Waals surface area (Å²) in [5.41, 5.74) is 1.26. The van der Waals surface area contributed by atoms with Crippen LogP contribution in [0.2, 0.25) is 0 Å². The summed E-state index contributed by atoms with van der Waals surface area (Å²) in [6.07, 6.45) is 0.297. The lowest BCUT2D eigenvalue weighted by Gasteiger charge is -2.16. The first-order chi connectivity index (χ1) is 10.4. The average molecular weight is 429 g/mol. The summed E-state index contributed by atoms with van der Waals surface area (Å²) in [6, 6.07) is 11.9. The summed E-state index contributed by atoms with van der Waals surface area (Å²) < 4.78 is 0.800. The summed E-state index contributed by atoms with van der Waals surface area (Å²) in [4.78, 5) is 22.0. The molecule has 1 N–H and O–H groups in total. The van der Waals surface area contributed by atoms with Crippen molar-refractivity contribution in [3.8, 4) is 0 Å². The van der Waals surface area contributed by atoms with Crippen molar-refractivity contribution >= 4 is 43.5 Å². The maximum Gasteiger partial charge on any atom is 0.311 e. The van der Waals surface area contributed by atoms with Gasteiger partial charge in [0.15, 0.2) is 0 Å². The SMILES string of the molecule is O=C(O)C(Cc1ccccc1)c1c(Br)cc([N+](=O)[O-])cc1Br. The van der Waals surface area contributed by atoms with Crippen LogP contribution in [0.4, 0.5) is 5.69 Å². The number of non-ortho nitro benzene ring substituents is 1. The van der Waals surface area contributed by atoms with E-state index in [4.69, 9.17) is 0 Å². The van der Waals surface area contributed by atoms with Gasteiger partial charge >= 0.3 is 5.97 Å². The minimum Gasteiger partial charge on any atom is -0.481 e. The van der Waals surface area contributed by atoms with E-state index in [0.29, 0.717) is 20.9 Å². The maximum absolute atomic E-state index is 11.7. The fourth-order valence-corrected chi connectivity index (χ4v) is 3.89. The number of hydrogen-bond donors (Lipinski definition) is 1. The second kappa shape index (κ2) is 7.02. The first-order valence-corrected chi connectivity index (χ1v) is 7.88. The van der Waals surface area contributed by atoms with Gasteiger partial charge in [-0.25, -0.2) is 0 Å². The van der Waals surface area contributed by atoms with Gasteiger partial charge < -0.3 is 5.11 Å². The van der Waals surface area contributed by atoms with Crippen LogP contribution in [-0.4, -0.2) is 16.0 Å². The molecule has 0 aromatic heterocycles. The summed E-state index contributed by atoms with van der Waals surface area (Å²) in [7, 11) is 0. The van der Waals surface area contributed by atoms with Gasteiger partial charge in [0, 0.05) is 21.1 Å². The van der Waals surface area contributed by atoms with Crippen molar-refractivity contribution in [3.05, 3.63) is 72.7 Å². The first kappa shape index (κ1) is 16.6. The molecule has 0 heterocycles. The number of halogens is 2. The Morgan fingerprint density at radius 3 is 2.18 bits per heavy atom. The third-order valence-corrected chi connectivity index (χ3v) is 4.52. The molecule has 0 fully saturated rings. The van der Waals surface area contributed by atoms with Gasteiger partial charge in [-0.3, -0.25) is 14.9 Å². The molecule has 2 aromatic carbocycles. The van der Waals surface area contributed by atoms with Gasteiger partial charge in [0.2, 0.25) is 0 Å². The van der Waals surface area contributed by atoms with E-state index in [2.05, 4.69) is 31.9 Å². The van der Waals surface area contributed by atoms with Crippen LogP contribution in [0, 0.1) is 10.1 Å². The molecule has 2 aromatic rings. The number of carboxylic acids is 1. The van der Waals surface area contributed by atoms with Gasteiger partial charge in [-0.1, -0.05) is 62.2 Å². The maximum atomic E-state index is 11.7. The van der Waals surface area contributed by atoms with Gasteiger partial charge in [0.05, 0.1) is 10.8 Å². The number of nitro groups is 1. The third-order valence-electron chi connectivity index (χ3n) is 3.20. The summed E-state index contributed by atoms with van der Waals surface area (Å²) in [6.45, 7) is 0. The molecule has 0 aliphatic carbocycles. The summed E-state index contributed by atoms with van der Waals surface area (Å²) >= 11 is 6.50. The molecule has 5 nitrogen and oxygen atoms in total. The predicted octanol–water partition coefficient (Wildman–Crippen LogP) is 4.53. The Labute approximate surface area is 143 Å². The van der Waals surface area contributed by atoms with E-state index in [0.717, 1.165) is 5.56 Å². The zero-order valence-corrected chi connectivity index (χ0v) is 14.4. The number of nitrogens with zero attached hydrogens (tertiary/aromatic N) is 1. The molecular weight excluding hydrogens is 418 g/mol. The fraction of sp³-hybridized carbons (Fsp3) is 0.133. The lowest BCUT2D eigenvalue weighted by Crippen LogP contribution is -2.16. The second-order valence-electron chi connectivity index (χ2n) is 4.66. The Bertz CT molecular complexity index is 696. The molecule has 1 unspecified atom stereocenters. The van der Waals surface area contributed by atoms with Crippen LogP contribution >= 0.6 is 31.9 Å². The molecule has 0 amide bonds. The number of nitro benzene ring substituents is 1. The van der Waals surface area contributed by atoms with Crippen LogP contribution in [0.5, 0.6) is 0 Å². The number of aliphatic carboxylic acids is 1. The average Bonchev–Trinajstić information content (AvgIpc) is 2.46. The van der Waals surface area contributed by atoms with E-state index < -0.39 is 16.8 Å². The lowest BCUT2D eigenvalue weighted by atomic mass is 9.92. The number of carbonyl (C=O) groups is 1. The van der Waals surface area contributed by atoms with Gasteiger partial charge in [-0.15, -0.1) is 0 Å². The number of carboxylic acid groups (broad SMARTS) is 1. The molecule has 0 spiro atoms. The normalized spacial score (nSPS) is 11.9. The molecule has 1 atom stereocenters. The Kier molecular flexibility index (Phi) is 5.31. The largest absolute Gasteiger partial charge is 0.481 e. The van der Waals surface area contributed by atoms with Crippen LogP contribution in [-0.2, 0) is 11.2 Å². The Morgan fingerprint density at radius 2 is 1.73 bits per heavy atom. The van der Waals surface area contributed by atoms with Gasteiger partial charge in [0.1, 0.15) is 0 Å². The van der Waals surface area contributed by atoms with Crippen LogP contribution in [0.25, 0.3) is 0 Å². The highest BCUT2D eigenvalue weighted by Gasteiger charge is 2.27. The van der Waals surface area contributed by atoms with Crippen LogP contribution < -0.4 is 0 Å². The molecular formula is C15H11Br2NO4. The van der Waals surface area contributed by atoms with Crippen molar-refractivity contribution in [1.29, 1.82) is 0 Å². The Balaban J connectivity index is 2.45. The standard InChI is InChI=1S/C15H11Br2NO4/c16-12-7-10(18(21)22)8-13(17)14(12)11(15(19)20)6-9-4-2-1-3-5-9/h1-5,7-8,11H,6H2,(H,19,20). The van der Waals surface area contributed by atoms with E-state index in [1.807, 2.05) is 30.3 Å². The third kappa shape index (κ3) is 3.72. The molecule has 0 aliphatic rings. The van der Waals surface area contributed by atoms with E-state index in [1.165, 1.54) is 12.1 Å². The van der Waals surface area contributed by atoms with Crippen molar-refractivity contribution in [2.75, 3.05) is 0 Å². The van der Waals surface area contributed by atoms with Crippen LogP contribution in [0.15, 0.2) is 51.4 Å². The fourth-order valence-electron chi connectivity index (χ4n) is 2.17. The highest BCUT2D eigenvalue weighted by Crippen LogP contribution is 2.37. The highest BCUT2D eigenvalue weighted by molar-refractivity contribution is 9.11. The highest BCUT2D eigenvalue weighted by atomic mass is 79.9. The molecule has 7 heteroatoms. The zero-order valence-electron chi connectivity index (χ0n) is 11.2. The number of rotatable bonds is 5. The molecule has 0 radical (unpaired) electrons. The molecule has 2 rings (SSSR count). The zero-order chi connectivity index (χ0) is 16.3. The summed E-state index contributed by atoms with van der Waals surface area (Å²) in [5.74, 6) is -1.80. The monoisotopic (exact) mass is 427 g/mol. The molecule has 0 saturated heterocycles. The minimum atomic E-state index is -0.987. The molecule has 22 heavy (non-hydrogen) atoms. The van der Waals surface area contributed by atoms with Gasteiger partial charge in [0.25, 0.3) is 5.69 Å². The van der Waals surface area contributed by atoms with E-state index in [9.17, 15) is 20.0 Å². The predicted molar refractivity (Wildman–Crippen MR) is 89.0 cm³/mol. The smallest absolute Gasteiger partial charge is 0.311 e. The Morgan fingerprint density at radius 1 is 1.18 bits per heavy atom.